The van der Waals surface area contributed by atoms with Crippen LogP contribution in [0.25, 0.3) is 0 Å². The van der Waals surface area contributed by atoms with E-state index < -0.39 is 0 Å². The van der Waals surface area contributed by atoms with E-state index in [4.69, 9.17) is 0 Å². The maximum Gasteiger partial charge on any atom is 0.0473 e. The molecule has 0 saturated carbocycles. The van der Waals surface area contributed by atoms with Gasteiger partial charge in [-0.15, -0.1) is 0 Å². The van der Waals surface area contributed by atoms with Gasteiger partial charge in [-0.2, -0.15) is 11.8 Å². The van der Waals surface area contributed by atoms with Gasteiger partial charge in [-0.05, 0) is 29.4 Å². The molecule has 0 aliphatic carbocycles. The van der Waals surface area contributed by atoms with Gasteiger partial charge >= 0.3 is 0 Å². The average Bonchev–Trinajstić information content (AvgIpc) is 2.48. The van der Waals surface area contributed by atoms with Crippen molar-refractivity contribution in [3.63, 3.8) is 0 Å². The predicted octanol–water partition coefficient (Wildman–Crippen LogP) is 3.66. The molecule has 1 fully saturated rings. The van der Waals surface area contributed by atoms with Crippen LogP contribution in [0.3, 0.4) is 0 Å². The molecular formula is C18H30N2S. The van der Waals surface area contributed by atoms with Crippen molar-refractivity contribution in [2.45, 2.75) is 32.9 Å². The highest BCUT2D eigenvalue weighted by Gasteiger charge is 2.30. The van der Waals surface area contributed by atoms with Gasteiger partial charge in [0.1, 0.15) is 0 Å². The second-order valence-electron chi connectivity index (χ2n) is 6.70. The first-order chi connectivity index (χ1) is 10.1. The molecule has 1 aromatic rings. The minimum Gasteiger partial charge on any atom is -0.311 e. The highest BCUT2D eigenvalue weighted by molar-refractivity contribution is 7.98. The summed E-state index contributed by atoms with van der Waals surface area (Å²) < 4.78 is 0. The Morgan fingerprint density at radius 2 is 1.95 bits per heavy atom. The lowest BCUT2D eigenvalue weighted by Gasteiger charge is -2.43. The van der Waals surface area contributed by atoms with Crippen LogP contribution >= 0.6 is 11.8 Å². The van der Waals surface area contributed by atoms with E-state index in [2.05, 4.69) is 67.6 Å². The number of hydrogen-bond acceptors (Lipinski definition) is 3. The molecule has 1 N–H and O–H groups in total. The number of nitrogens with one attached hydrogen (secondary N) is 1. The average molecular weight is 307 g/mol. The van der Waals surface area contributed by atoms with Gasteiger partial charge in [-0.25, -0.2) is 0 Å². The number of nitrogens with zero attached hydrogens (tertiary/aromatic N) is 1. The van der Waals surface area contributed by atoms with Crippen LogP contribution < -0.4 is 5.32 Å². The molecule has 21 heavy (non-hydrogen) atoms. The fraction of sp³-hybridized carbons (Fsp3) is 0.667. The second-order valence-corrected chi connectivity index (χ2v) is 7.61. The van der Waals surface area contributed by atoms with Crippen molar-refractivity contribution >= 4 is 11.8 Å². The summed E-state index contributed by atoms with van der Waals surface area (Å²) in [5.74, 6) is 2.69. The van der Waals surface area contributed by atoms with Crippen molar-refractivity contribution in [3.05, 3.63) is 35.9 Å². The minimum absolute atomic E-state index is 0.519. The molecular weight excluding hydrogens is 276 g/mol. The molecule has 2 rings (SSSR count). The number of thioether (sulfide) groups is 1. The molecule has 1 heterocycles. The summed E-state index contributed by atoms with van der Waals surface area (Å²) in [6.45, 7) is 10.5. The van der Waals surface area contributed by atoms with Crippen molar-refractivity contribution in [1.29, 1.82) is 0 Å². The van der Waals surface area contributed by atoms with Crippen molar-refractivity contribution in [1.82, 2.24) is 10.2 Å². The number of rotatable bonds is 6. The van der Waals surface area contributed by atoms with Crippen LogP contribution in [0, 0.1) is 11.8 Å². The summed E-state index contributed by atoms with van der Waals surface area (Å²) in [7, 11) is 0. The molecule has 118 valence electrons. The fourth-order valence-electron chi connectivity index (χ4n) is 3.23. The third-order valence-electron chi connectivity index (χ3n) is 4.43. The molecule has 0 aromatic heterocycles. The lowest BCUT2D eigenvalue weighted by molar-refractivity contribution is 0.101. The van der Waals surface area contributed by atoms with Gasteiger partial charge in [0.2, 0.25) is 0 Å². The molecule has 1 aromatic carbocycles. The fourth-order valence-corrected chi connectivity index (χ4v) is 3.90. The summed E-state index contributed by atoms with van der Waals surface area (Å²) in [4.78, 5) is 2.71. The first-order valence-corrected chi connectivity index (χ1v) is 9.52. The van der Waals surface area contributed by atoms with E-state index in [0.29, 0.717) is 18.0 Å². The van der Waals surface area contributed by atoms with Crippen LogP contribution in [-0.4, -0.2) is 42.6 Å². The van der Waals surface area contributed by atoms with Crippen LogP contribution in [0.5, 0.6) is 0 Å². The van der Waals surface area contributed by atoms with Gasteiger partial charge < -0.3 is 5.32 Å². The Morgan fingerprint density at radius 1 is 1.24 bits per heavy atom. The highest BCUT2D eigenvalue weighted by Crippen LogP contribution is 2.26. The maximum atomic E-state index is 3.76. The topological polar surface area (TPSA) is 15.3 Å². The first-order valence-electron chi connectivity index (χ1n) is 8.13. The predicted molar refractivity (Wildman–Crippen MR) is 94.9 cm³/mol. The smallest absolute Gasteiger partial charge is 0.0473 e. The molecule has 0 radical (unpaired) electrons. The molecule has 0 amide bonds. The lowest BCUT2D eigenvalue weighted by atomic mass is 9.95. The zero-order chi connectivity index (χ0) is 15.2. The van der Waals surface area contributed by atoms with Crippen LogP contribution in [0.4, 0.5) is 0 Å². The van der Waals surface area contributed by atoms with E-state index in [1.165, 1.54) is 17.9 Å². The van der Waals surface area contributed by atoms with Gasteiger partial charge in [0.15, 0.2) is 0 Å². The monoisotopic (exact) mass is 306 g/mol. The van der Waals surface area contributed by atoms with Gasteiger partial charge in [-0.3, -0.25) is 4.90 Å². The van der Waals surface area contributed by atoms with E-state index in [0.717, 1.165) is 19.0 Å². The number of hydrogen-bond donors (Lipinski definition) is 1. The van der Waals surface area contributed by atoms with E-state index in [-0.39, 0.29) is 0 Å². The van der Waals surface area contributed by atoms with E-state index in [1.54, 1.807) is 0 Å². The molecule has 0 spiro atoms. The Balaban J connectivity index is 2.10. The van der Waals surface area contributed by atoms with Crippen molar-refractivity contribution < 1.29 is 0 Å². The first kappa shape index (κ1) is 16.9. The van der Waals surface area contributed by atoms with E-state index in [9.17, 15) is 0 Å². The highest BCUT2D eigenvalue weighted by atomic mass is 32.2. The molecule has 3 unspecified atom stereocenters. The zero-order valence-corrected chi connectivity index (χ0v) is 14.7. The minimum atomic E-state index is 0.519. The van der Waals surface area contributed by atoms with Gasteiger partial charge in [-0.1, -0.05) is 51.1 Å². The van der Waals surface area contributed by atoms with Crippen LogP contribution in [-0.2, 0) is 0 Å². The summed E-state index contributed by atoms with van der Waals surface area (Å²) in [5, 5.41) is 3.76. The standard InChI is InChI=1S/C18H30N2S/c1-14(2)17-12-20(11-15(3)13-21-4)18(10-19-17)16-8-6-5-7-9-16/h5-9,14-15,17-19H,10-13H2,1-4H3. The Morgan fingerprint density at radius 3 is 2.57 bits per heavy atom. The quantitative estimate of drug-likeness (QED) is 0.863. The second kappa shape index (κ2) is 8.21. The number of piperazine rings is 1. The van der Waals surface area contributed by atoms with Gasteiger partial charge in [0.05, 0.1) is 0 Å². The third kappa shape index (κ3) is 4.73. The SMILES string of the molecule is CSCC(C)CN1CC(C(C)C)NCC1c1ccccc1. The molecule has 1 aliphatic heterocycles. The van der Waals surface area contributed by atoms with E-state index in [1.807, 2.05) is 11.8 Å². The number of benzene rings is 1. The zero-order valence-electron chi connectivity index (χ0n) is 13.9. The molecule has 1 saturated heterocycles. The molecule has 3 heteroatoms. The van der Waals surface area contributed by atoms with Gasteiger partial charge in [0, 0.05) is 31.7 Å². The molecule has 1 aliphatic rings. The van der Waals surface area contributed by atoms with E-state index >= 15 is 0 Å². The third-order valence-corrected chi connectivity index (χ3v) is 5.33. The largest absolute Gasteiger partial charge is 0.311 e. The normalized spacial score (nSPS) is 25.2. The Hall–Kier alpha value is -0.510. The molecule has 2 nitrogen and oxygen atoms in total. The Bertz CT molecular complexity index is 407. The summed E-state index contributed by atoms with van der Waals surface area (Å²) in [6, 6.07) is 12.1. The van der Waals surface area contributed by atoms with Crippen molar-refractivity contribution in [2.24, 2.45) is 11.8 Å². The summed E-state index contributed by atoms with van der Waals surface area (Å²) in [5.41, 5.74) is 1.45. The van der Waals surface area contributed by atoms with Crippen molar-refractivity contribution in [2.75, 3.05) is 31.6 Å². The molecule has 3 atom stereocenters. The van der Waals surface area contributed by atoms with Crippen LogP contribution in [0.15, 0.2) is 30.3 Å². The lowest BCUT2D eigenvalue weighted by Crippen LogP contribution is -2.55. The maximum absolute atomic E-state index is 3.76. The Kier molecular flexibility index (Phi) is 6.59. The Labute approximate surface area is 134 Å². The van der Waals surface area contributed by atoms with Crippen LogP contribution in [0.1, 0.15) is 32.4 Å². The van der Waals surface area contributed by atoms with Crippen LogP contribution in [0.2, 0.25) is 0 Å². The van der Waals surface area contributed by atoms with Crippen molar-refractivity contribution in [3.8, 4) is 0 Å². The molecule has 0 bridgehead atoms. The van der Waals surface area contributed by atoms with Gasteiger partial charge in [0.25, 0.3) is 0 Å². The summed E-state index contributed by atoms with van der Waals surface area (Å²) in [6.07, 6.45) is 2.21. The summed E-state index contributed by atoms with van der Waals surface area (Å²) >= 11 is 1.96.